The zero-order chi connectivity index (χ0) is 10.0. The third-order valence-corrected chi connectivity index (χ3v) is 2.21. The van der Waals surface area contributed by atoms with Gasteiger partial charge in [0.05, 0.1) is 11.1 Å². The van der Waals surface area contributed by atoms with E-state index in [1.54, 1.807) is 0 Å². The zero-order valence-corrected chi connectivity index (χ0v) is 8.35. The van der Waals surface area contributed by atoms with E-state index < -0.39 is 5.82 Å². The first-order chi connectivity index (χ1) is 6.06. The van der Waals surface area contributed by atoms with Crippen molar-refractivity contribution in [2.45, 2.75) is 6.92 Å². The molecule has 0 fully saturated rings. The summed E-state index contributed by atoms with van der Waals surface area (Å²) < 4.78 is 13.4. The second-order valence-electron chi connectivity index (χ2n) is 2.48. The lowest BCUT2D eigenvalue weighted by Crippen LogP contribution is -1.98. The second-order valence-corrected chi connectivity index (χ2v) is 3.33. The summed E-state index contributed by atoms with van der Waals surface area (Å²) in [5.41, 5.74) is 0.200. The van der Waals surface area contributed by atoms with Gasteiger partial charge in [0.1, 0.15) is 11.9 Å². The summed E-state index contributed by atoms with van der Waals surface area (Å²) >= 11 is 3.02. The van der Waals surface area contributed by atoms with Crippen LogP contribution in [0.2, 0.25) is 0 Å². The van der Waals surface area contributed by atoms with E-state index in [0.29, 0.717) is 4.47 Å². The van der Waals surface area contributed by atoms with Gasteiger partial charge in [-0.3, -0.25) is 4.79 Å². The van der Waals surface area contributed by atoms with Crippen LogP contribution in [0.1, 0.15) is 22.8 Å². The van der Waals surface area contributed by atoms with Crippen LogP contribution in [0, 0.1) is 17.1 Å². The van der Waals surface area contributed by atoms with Crippen molar-refractivity contribution in [3.63, 3.8) is 0 Å². The highest BCUT2D eigenvalue weighted by Crippen LogP contribution is 2.20. The van der Waals surface area contributed by atoms with Gasteiger partial charge in [0, 0.05) is 4.47 Å². The minimum atomic E-state index is -0.613. The van der Waals surface area contributed by atoms with Gasteiger partial charge in [-0.1, -0.05) is 0 Å². The van der Waals surface area contributed by atoms with Crippen molar-refractivity contribution < 1.29 is 9.18 Å². The first-order valence-corrected chi connectivity index (χ1v) is 4.25. The molecular weight excluding hydrogens is 237 g/mol. The predicted octanol–water partition coefficient (Wildman–Crippen LogP) is 2.66. The van der Waals surface area contributed by atoms with E-state index in [1.165, 1.54) is 13.0 Å². The Kier molecular flexibility index (Phi) is 2.79. The molecule has 0 atom stereocenters. The quantitative estimate of drug-likeness (QED) is 0.710. The molecule has 0 radical (unpaired) electrons. The van der Waals surface area contributed by atoms with Crippen molar-refractivity contribution in [3.05, 3.63) is 33.5 Å². The maximum Gasteiger partial charge on any atom is 0.162 e. The third-order valence-electron chi connectivity index (χ3n) is 1.56. The molecule has 0 spiro atoms. The standard InChI is InChI=1S/C9H5BrFNO/c1-5(13)7-2-6(4-12)8(10)3-9(7)11/h2-3H,1H3. The summed E-state index contributed by atoms with van der Waals surface area (Å²) in [4.78, 5) is 10.9. The fourth-order valence-electron chi connectivity index (χ4n) is 0.904. The van der Waals surface area contributed by atoms with Crippen LogP contribution >= 0.6 is 15.9 Å². The normalized spacial score (nSPS) is 9.38. The minimum Gasteiger partial charge on any atom is -0.294 e. The Hall–Kier alpha value is -1.21. The highest BCUT2D eigenvalue weighted by molar-refractivity contribution is 9.10. The molecule has 0 saturated carbocycles. The molecular formula is C9H5BrFNO. The molecule has 1 aromatic carbocycles. The molecule has 2 nitrogen and oxygen atoms in total. The Bertz CT molecular complexity index is 409. The van der Waals surface area contributed by atoms with Crippen LogP contribution in [-0.4, -0.2) is 5.78 Å². The van der Waals surface area contributed by atoms with Crippen molar-refractivity contribution in [2.24, 2.45) is 0 Å². The van der Waals surface area contributed by atoms with E-state index in [2.05, 4.69) is 15.9 Å². The molecule has 0 unspecified atom stereocenters. The lowest BCUT2D eigenvalue weighted by molar-refractivity contribution is 0.101. The summed E-state index contributed by atoms with van der Waals surface area (Å²) in [6.07, 6.45) is 0. The number of hydrogen-bond acceptors (Lipinski definition) is 2. The van der Waals surface area contributed by atoms with E-state index >= 15 is 0 Å². The summed E-state index contributed by atoms with van der Waals surface area (Å²) in [5, 5.41) is 8.60. The van der Waals surface area contributed by atoms with E-state index in [0.717, 1.165) is 6.07 Å². The van der Waals surface area contributed by atoms with E-state index in [1.807, 2.05) is 6.07 Å². The summed E-state index contributed by atoms with van der Waals surface area (Å²) in [6.45, 7) is 1.26. The molecule has 0 aliphatic heterocycles. The van der Waals surface area contributed by atoms with Gasteiger partial charge in [-0.15, -0.1) is 0 Å². The number of nitrogens with zero attached hydrogens (tertiary/aromatic N) is 1. The lowest BCUT2D eigenvalue weighted by Gasteiger charge is -2.00. The fraction of sp³-hybridized carbons (Fsp3) is 0.111. The van der Waals surface area contributed by atoms with Crippen molar-refractivity contribution in [1.29, 1.82) is 5.26 Å². The van der Waals surface area contributed by atoms with Gasteiger partial charge in [-0.2, -0.15) is 5.26 Å². The molecule has 0 amide bonds. The first kappa shape index (κ1) is 9.87. The molecule has 0 saturated heterocycles. The van der Waals surface area contributed by atoms with Crippen molar-refractivity contribution in [3.8, 4) is 6.07 Å². The monoisotopic (exact) mass is 241 g/mol. The Morgan fingerprint density at radius 1 is 1.62 bits per heavy atom. The minimum absolute atomic E-state index is 0.0558. The predicted molar refractivity (Wildman–Crippen MR) is 48.8 cm³/mol. The smallest absolute Gasteiger partial charge is 0.162 e. The number of halogens is 2. The van der Waals surface area contributed by atoms with Gasteiger partial charge < -0.3 is 0 Å². The van der Waals surface area contributed by atoms with Crippen LogP contribution in [0.25, 0.3) is 0 Å². The van der Waals surface area contributed by atoms with Gasteiger partial charge >= 0.3 is 0 Å². The van der Waals surface area contributed by atoms with Crippen LogP contribution in [0.15, 0.2) is 16.6 Å². The van der Waals surface area contributed by atoms with Gasteiger partial charge in [0.2, 0.25) is 0 Å². The molecule has 0 N–H and O–H groups in total. The number of carbonyl (C=O) groups excluding carboxylic acids is 1. The lowest BCUT2D eigenvalue weighted by atomic mass is 10.1. The van der Waals surface area contributed by atoms with Crippen LogP contribution < -0.4 is 0 Å². The molecule has 66 valence electrons. The van der Waals surface area contributed by atoms with Crippen molar-refractivity contribution in [1.82, 2.24) is 0 Å². The average molecular weight is 242 g/mol. The van der Waals surface area contributed by atoms with E-state index in [-0.39, 0.29) is 16.9 Å². The zero-order valence-electron chi connectivity index (χ0n) is 6.77. The summed E-state index contributed by atoms with van der Waals surface area (Å²) in [6, 6.07) is 4.21. The highest BCUT2D eigenvalue weighted by Gasteiger charge is 2.10. The van der Waals surface area contributed by atoms with Crippen LogP contribution in [-0.2, 0) is 0 Å². The number of carbonyl (C=O) groups is 1. The van der Waals surface area contributed by atoms with Crippen LogP contribution in [0.3, 0.4) is 0 Å². The number of benzene rings is 1. The van der Waals surface area contributed by atoms with Gasteiger partial charge in [0.15, 0.2) is 5.78 Å². The van der Waals surface area contributed by atoms with Crippen molar-refractivity contribution >= 4 is 21.7 Å². The molecule has 0 bridgehead atoms. The van der Waals surface area contributed by atoms with E-state index in [9.17, 15) is 9.18 Å². The SMILES string of the molecule is CC(=O)c1cc(C#N)c(Br)cc1F. The molecule has 1 rings (SSSR count). The Labute approximate surface area is 83.1 Å². The maximum absolute atomic E-state index is 13.1. The largest absolute Gasteiger partial charge is 0.294 e. The van der Waals surface area contributed by atoms with Gasteiger partial charge in [-0.05, 0) is 35.0 Å². The van der Waals surface area contributed by atoms with Crippen LogP contribution in [0.5, 0.6) is 0 Å². The highest BCUT2D eigenvalue weighted by atomic mass is 79.9. The van der Waals surface area contributed by atoms with Gasteiger partial charge in [-0.25, -0.2) is 4.39 Å². The number of ketones is 1. The molecule has 1 aromatic rings. The molecule has 0 aliphatic rings. The molecule has 0 aliphatic carbocycles. The van der Waals surface area contributed by atoms with Crippen molar-refractivity contribution in [2.75, 3.05) is 0 Å². The number of Topliss-reactive ketones (excluding diaryl/α,β-unsaturated/α-hetero) is 1. The summed E-state index contributed by atoms with van der Waals surface area (Å²) in [5.74, 6) is -1.00. The molecule has 0 aromatic heterocycles. The number of rotatable bonds is 1. The molecule has 13 heavy (non-hydrogen) atoms. The summed E-state index contributed by atoms with van der Waals surface area (Å²) in [7, 11) is 0. The maximum atomic E-state index is 13.1. The topological polar surface area (TPSA) is 40.9 Å². The number of nitriles is 1. The molecule has 4 heteroatoms. The third kappa shape index (κ3) is 1.93. The first-order valence-electron chi connectivity index (χ1n) is 3.46. The van der Waals surface area contributed by atoms with E-state index in [4.69, 9.17) is 5.26 Å². The Balaban J connectivity index is 3.41. The van der Waals surface area contributed by atoms with Gasteiger partial charge in [0.25, 0.3) is 0 Å². The number of hydrogen-bond donors (Lipinski definition) is 0. The Morgan fingerprint density at radius 2 is 2.23 bits per heavy atom. The molecule has 0 heterocycles. The average Bonchev–Trinajstić information content (AvgIpc) is 2.03. The van der Waals surface area contributed by atoms with Crippen LogP contribution in [0.4, 0.5) is 4.39 Å². The second kappa shape index (κ2) is 3.67. The fourth-order valence-corrected chi connectivity index (χ4v) is 1.31. The Morgan fingerprint density at radius 3 is 2.69 bits per heavy atom.